The molecule has 0 bridgehead atoms. The van der Waals surface area contributed by atoms with Crippen molar-refractivity contribution >= 4 is 11.7 Å². The number of amides is 2. The number of likely N-dealkylation sites (tertiary alicyclic amines) is 1. The van der Waals surface area contributed by atoms with Gasteiger partial charge in [0.25, 0.3) is 6.43 Å². The molecular formula is C16H23F2N3O3. The molecule has 0 atom stereocenters. The van der Waals surface area contributed by atoms with Gasteiger partial charge in [-0.2, -0.15) is 0 Å². The van der Waals surface area contributed by atoms with E-state index in [-0.39, 0.29) is 18.6 Å². The van der Waals surface area contributed by atoms with Gasteiger partial charge in [-0.3, -0.25) is 4.90 Å². The van der Waals surface area contributed by atoms with E-state index in [9.17, 15) is 13.6 Å². The van der Waals surface area contributed by atoms with Crippen LogP contribution in [0.2, 0.25) is 0 Å². The summed E-state index contributed by atoms with van der Waals surface area (Å²) < 4.78 is 35.0. The maximum absolute atomic E-state index is 12.4. The molecule has 134 valence electrons. The van der Waals surface area contributed by atoms with Gasteiger partial charge in [-0.25, -0.2) is 13.6 Å². The number of piperidine rings is 1. The average molecular weight is 343 g/mol. The van der Waals surface area contributed by atoms with E-state index in [1.165, 1.54) is 7.11 Å². The van der Waals surface area contributed by atoms with E-state index < -0.39 is 6.43 Å². The highest BCUT2D eigenvalue weighted by molar-refractivity contribution is 5.91. The van der Waals surface area contributed by atoms with Crippen molar-refractivity contribution in [2.75, 3.05) is 39.2 Å². The van der Waals surface area contributed by atoms with Crippen LogP contribution >= 0.6 is 0 Å². The molecule has 0 saturated carbocycles. The Kier molecular flexibility index (Phi) is 6.60. The number of nitrogens with one attached hydrogen (secondary N) is 2. The number of halogens is 2. The van der Waals surface area contributed by atoms with Gasteiger partial charge in [-0.15, -0.1) is 0 Å². The molecule has 1 aromatic rings. The Morgan fingerprint density at radius 3 is 2.58 bits per heavy atom. The molecule has 0 radical (unpaired) electrons. The van der Waals surface area contributed by atoms with Crippen LogP contribution in [0.25, 0.3) is 0 Å². The second-order valence-corrected chi connectivity index (χ2v) is 5.63. The zero-order valence-electron chi connectivity index (χ0n) is 13.9. The molecule has 1 saturated heterocycles. The topological polar surface area (TPSA) is 62.8 Å². The molecule has 8 heteroatoms. The highest BCUT2D eigenvalue weighted by Gasteiger charge is 2.22. The maximum Gasteiger partial charge on any atom is 0.319 e. The van der Waals surface area contributed by atoms with E-state index >= 15 is 0 Å². The quantitative estimate of drug-likeness (QED) is 0.833. The van der Waals surface area contributed by atoms with Crippen LogP contribution < -0.4 is 20.1 Å². The van der Waals surface area contributed by atoms with Crippen molar-refractivity contribution in [3.63, 3.8) is 0 Å². The van der Waals surface area contributed by atoms with Crippen LogP contribution in [0.1, 0.15) is 12.8 Å². The van der Waals surface area contributed by atoms with Crippen LogP contribution in [0, 0.1) is 0 Å². The number of rotatable bonds is 6. The number of urea groups is 1. The first-order valence-electron chi connectivity index (χ1n) is 7.82. The molecule has 24 heavy (non-hydrogen) atoms. The highest BCUT2D eigenvalue weighted by Crippen LogP contribution is 2.29. The molecule has 0 aliphatic carbocycles. The Morgan fingerprint density at radius 1 is 1.29 bits per heavy atom. The normalized spacial score (nSPS) is 16.0. The Bertz CT molecular complexity index is 549. The smallest absolute Gasteiger partial charge is 0.319 e. The molecule has 1 fully saturated rings. The second-order valence-electron chi connectivity index (χ2n) is 5.63. The van der Waals surface area contributed by atoms with Gasteiger partial charge >= 0.3 is 6.03 Å². The molecule has 0 aromatic heterocycles. The van der Waals surface area contributed by atoms with Crippen LogP contribution in [0.4, 0.5) is 19.3 Å². The minimum Gasteiger partial charge on any atom is -0.497 e. The van der Waals surface area contributed by atoms with Crippen molar-refractivity contribution in [2.24, 2.45) is 0 Å². The van der Waals surface area contributed by atoms with Crippen LogP contribution in [0.3, 0.4) is 0 Å². The van der Waals surface area contributed by atoms with Crippen molar-refractivity contribution in [1.82, 2.24) is 10.2 Å². The third-order valence-electron chi connectivity index (χ3n) is 3.98. The molecule has 2 amide bonds. The third-order valence-corrected chi connectivity index (χ3v) is 3.98. The number of nitrogens with zero attached hydrogens (tertiary/aromatic N) is 1. The van der Waals surface area contributed by atoms with E-state index in [4.69, 9.17) is 9.47 Å². The largest absolute Gasteiger partial charge is 0.497 e. The average Bonchev–Trinajstić information content (AvgIpc) is 2.56. The number of carbonyl (C=O) groups is 1. The Hall–Kier alpha value is -2.09. The number of methoxy groups -OCH3 is 2. The molecule has 1 aliphatic rings. The SMILES string of the molecule is COc1ccc(NC(=O)NC2CCN(CC(F)F)CC2)c(OC)c1. The number of alkyl halides is 2. The Balaban J connectivity index is 1.84. The van der Waals surface area contributed by atoms with Crippen molar-refractivity contribution < 1.29 is 23.0 Å². The lowest BCUT2D eigenvalue weighted by molar-refractivity contribution is 0.0739. The lowest BCUT2D eigenvalue weighted by atomic mass is 10.1. The van der Waals surface area contributed by atoms with E-state index in [0.29, 0.717) is 43.1 Å². The second kappa shape index (κ2) is 8.68. The number of carbonyl (C=O) groups excluding carboxylic acids is 1. The van der Waals surface area contributed by atoms with Crippen molar-refractivity contribution in [3.05, 3.63) is 18.2 Å². The number of benzene rings is 1. The predicted molar refractivity (Wildman–Crippen MR) is 87.2 cm³/mol. The molecule has 1 aromatic carbocycles. The van der Waals surface area contributed by atoms with E-state index in [1.54, 1.807) is 30.2 Å². The third kappa shape index (κ3) is 5.23. The first kappa shape index (κ1) is 18.3. The number of hydrogen-bond donors (Lipinski definition) is 2. The first-order chi connectivity index (χ1) is 11.5. The van der Waals surface area contributed by atoms with E-state index in [0.717, 1.165) is 0 Å². The molecule has 0 unspecified atom stereocenters. The molecule has 0 spiro atoms. The van der Waals surface area contributed by atoms with Crippen LogP contribution in [-0.4, -0.2) is 57.3 Å². The molecule has 2 N–H and O–H groups in total. The maximum atomic E-state index is 12.4. The van der Waals surface area contributed by atoms with Crippen molar-refractivity contribution in [2.45, 2.75) is 25.3 Å². The minimum atomic E-state index is -2.32. The van der Waals surface area contributed by atoms with Gasteiger partial charge in [0.05, 0.1) is 26.5 Å². The summed E-state index contributed by atoms with van der Waals surface area (Å²) >= 11 is 0. The van der Waals surface area contributed by atoms with Crippen LogP contribution in [-0.2, 0) is 0 Å². The van der Waals surface area contributed by atoms with Crippen LogP contribution in [0.5, 0.6) is 11.5 Å². The summed E-state index contributed by atoms with van der Waals surface area (Å²) in [4.78, 5) is 13.8. The highest BCUT2D eigenvalue weighted by atomic mass is 19.3. The van der Waals surface area contributed by atoms with Gasteiger partial charge in [-0.05, 0) is 25.0 Å². The standard InChI is InChI=1S/C16H23F2N3O3/c1-23-12-3-4-13(14(9-12)24-2)20-16(22)19-11-5-7-21(8-6-11)10-15(17)18/h3-4,9,11,15H,5-8,10H2,1-2H3,(H2,19,20,22). The summed E-state index contributed by atoms with van der Waals surface area (Å²) in [6.07, 6.45) is -1.01. The van der Waals surface area contributed by atoms with Gasteiger partial charge in [0.15, 0.2) is 0 Å². The van der Waals surface area contributed by atoms with E-state index in [2.05, 4.69) is 10.6 Å². The summed E-state index contributed by atoms with van der Waals surface area (Å²) in [7, 11) is 3.06. The van der Waals surface area contributed by atoms with Crippen molar-refractivity contribution in [1.29, 1.82) is 0 Å². The molecule has 2 rings (SSSR count). The number of hydrogen-bond acceptors (Lipinski definition) is 4. The zero-order chi connectivity index (χ0) is 17.5. The Labute approximate surface area is 140 Å². The zero-order valence-corrected chi connectivity index (χ0v) is 13.9. The Morgan fingerprint density at radius 2 is 2.00 bits per heavy atom. The molecular weight excluding hydrogens is 320 g/mol. The fourth-order valence-corrected chi connectivity index (χ4v) is 2.70. The lowest BCUT2D eigenvalue weighted by Gasteiger charge is -2.32. The lowest BCUT2D eigenvalue weighted by Crippen LogP contribution is -2.46. The van der Waals surface area contributed by atoms with Crippen LogP contribution in [0.15, 0.2) is 18.2 Å². The molecule has 1 heterocycles. The summed E-state index contributed by atoms with van der Waals surface area (Å²) in [6, 6.07) is 4.73. The van der Waals surface area contributed by atoms with Crippen molar-refractivity contribution in [3.8, 4) is 11.5 Å². The summed E-state index contributed by atoms with van der Waals surface area (Å²) in [5.41, 5.74) is 0.533. The monoisotopic (exact) mass is 343 g/mol. The van der Waals surface area contributed by atoms with Gasteiger partial charge < -0.3 is 20.1 Å². The fourth-order valence-electron chi connectivity index (χ4n) is 2.70. The first-order valence-corrected chi connectivity index (χ1v) is 7.82. The number of anilines is 1. The summed E-state index contributed by atoms with van der Waals surface area (Å²) in [5.74, 6) is 1.13. The number of ether oxygens (including phenoxy) is 2. The molecule has 1 aliphatic heterocycles. The van der Waals surface area contributed by atoms with E-state index in [1.807, 2.05) is 0 Å². The summed E-state index contributed by atoms with van der Waals surface area (Å²) in [5, 5.41) is 5.61. The summed E-state index contributed by atoms with van der Waals surface area (Å²) in [6.45, 7) is 0.907. The van der Waals surface area contributed by atoms with Gasteiger partial charge in [0.1, 0.15) is 11.5 Å². The van der Waals surface area contributed by atoms with Gasteiger partial charge in [0, 0.05) is 25.2 Å². The fraction of sp³-hybridized carbons (Fsp3) is 0.562. The minimum absolute atomic E-state index is 0.0248. The predicted octanol–water partition coefficient (Wildman–Crippen LogP) is 2.55. The van der Waals surface area contributed by atoms with Gasteiger partial charge in [0.2, 0.25) is 0 Å². The van der Waals surface area contributed by atoms with Gasteiger partial charge in [-0.1, -0.05) is 0 Å². The molecule has 6 nitrogen and oxygen atoms in total.